The zero-order valence-corrected chi connectivity index (χ0v) is 15.6. The summed E-state index contributed by atoms with van der Waals surface area (Å²) in [6.07, 6.45) is -0.205. The lowest BCUT2D eigenvalue weighted by Gasteiger charge is -2.18. The summed E-state index contributed by atoms with van der Waals surface area (Å²) in [5, 5.41) is 0.619. The van der Waals surface area contributed by atoms with E-state index >= 15 is 0 Å². The van der Waals surface area contributed by atoms with Gasteiger partial charge in [0.05, 0.1) is 11.0 Å². The Morgan fingerprint density at radius 2 is 1.69 bits per heavy atom. The molecule has 0 fully saturated rings. The Morgan fingerprint density at radius 1 is 1.04 bits per heavy atom. The molecule has 0 bridgehead atoms. The van der Waals surface area contributed by atoms with Crippen LogP contribution in [0.2, 0.25) is 5.02 Å². The first kappa shape index (κ1) is 18.6. The fraction of sp³-hybridized carbons (Fsp3) is 0.300. The molecule has 6 heteroatoms. The SMILES string of the molecule is CCOC(Cc1nc2ccccc2n(-c2ccc(Cl)cc2)c1=O)OCC. The van der Waals surface area contributed by atoms with Gasteiger partial charge < -0.3 is 9.47 Å². The highest BCUT2D eigenvalue weighted by atomic mass is 35.5. The van der Waals surface area contributed by atoms with E-state index in [1.54, 1.807) is 16.7 Å². The van der Waals surface area contributed by atoms with Crippen molar-refractivity contribution < 1.29 is 9.47 Å². The van der Waals surface area contributed by atoms with Crippen LogP contribution in [-0.2, 0) is 15.9 Å². The standard InChI is InChI=1S/C20H21ClN2O3/c1-3-25-19(26-4-2)13-17-20(24)23(15-11-9-14(21)10-12-15)18-8-6-5-7-16(18)22-17/h5-12,19H,3-4,13H2,1-2H3. The molecule has 0 aliphatic carbocycles. The Balaban J connectivity index is 2.15. The summed E-state index contributed by atoms with van der Waals surface area (Å²) in [5.74, 6) is 0. The zero-order chi connectivity index (χ0) is 18.5. The van der Waals surface area contributed by atoms with Crippen molar-refractivity contribution in [3.05, 3.63) is 69.6 Å². The van der Waals surface area contributed by atoms with Crippen molar-refractivity contribution in [2.75, 3.05) is 13.2 Å². The molecule has 0 amide bonds. The van der Waals surface area contributed by atoms with Gasteiger partial charge in [-0.1, -0.05) is 23.7 Å². The van der Waals surface area contributed by atoms with E-state index in [0.717, 1.165) is 16.7 Å². The van der Waals surface area contributed by atoms with Gasteiger partial charge in [0, 0.05) is 30.3 Å². The Morgan fingerprint density at radius 3 is 2.35 bits per heavy atom. The van der Waals surface area contributed by atoms with Gasteiger partial charge in [-0.2, -0.15) is 0 Å². The number of para-hydroxylation sites is 2. The van der Waals surface area contributed by atoms with Crippen molar-refractivity contribution in [3.8, 4) is 5.69 Å². The monoisotopic (exact) mass is 372 g/mol. The summed E-state index contributed by atoms with van der Waals surface area (Å²) in [6, 6.07) is 14.7. The molecular weight excluding hydrogens is 352 g/mol. The molecular formula is C20H21ClN2O3. The summed E-state index contributed by atoms with van der Waals surface area (Å²) in [7, 11) is 0. The molecule has 0 saturated heterocycles. The molecule has 1 aromatic heterocycles. The highest BCUT2D eigenvalue weighted by Gasteiger charge is 2.17. The molecule has 3 rings (SSSR count). The van der Waals surface area contributed by atoms with E-state index in [4.69, 9.17) is 21.1 Å². The van der Waals surface area contributed by atoms with Crippen molar-refractivity contribution in [1.82, 2.24) is 9.55 Å². The molecule has 0 atom stereocenters. The largest absolute Gasteiger partial charge is 0.353 e. The second kappa shape index (κ2) is 8.45. The Bertz CT molecular complexity index is 932. The third-order valence-corrected chi connectivity index (χ3v) is 4.23. The van der Waals surface area contributed by atoms with Crippen LogP contribution in [0.25, 0.3) is 16.7 Å². The van der Waals surface area contributed by atoms with Crippen LogP contribution in [0.3, 0.4) is 0 Å². The summed E-state index contributed by atoms with van der Waals surface area (Å²) in [4.78, 5) is 17.7. The van der Waals surface area contributed by atoms with E-state index in [1.807, 2.05) is 50.2 Å². The number of rotatable bonds is 7. The lowest BCUT2D eigenvalue weighted by molar-refractivity contribution is -0.135. The Labute approximate surface area is 157 Å². The molecule has 0 aliphatic heterocycles. The molecule has 2 aromatic carbocycles. The number of ether oxygens (including phenoxy) is 2. The van der Waals surface area contributed by atoms with E-state index in [1.165, 1.54) is 0 Å². The molecule has 0 radical (unpaired) electrons. The van der Waals surface area contributed by atoms with Crippen LogP contribution in [-0.4, -0.2) is 29.1 Å². The number of hydrogen-bond acceptors (Lipinski definition) is 4. The van der Waals surface area contributed by atoms with Crippen molar-refractivity contribution in [2.24, 2.45) is 0 Å². The third kappa shape index (κ3) is 3.96. The molecule has 0 spiro atoms. The van der Waals surface area contributed by atoms with Crippen LogP contribution in [0.5, 0.6) is 0 Å². The van der Waals surface area contributed by atoms with E-state index in [2.05, 4.69) is 4.98 Å². The minimum atomic E-state index is -0.495. The fourth-order valence-electron chi connectivity index (χ4n) is 2.85. The van der Waals surface area contributed by atoms with Crippen LogP contribution in [0.15, 0.2) is 53.3 Å². The van der Waals surface area contributed by atoms with Crippen molar-refractivity contribution >= 4 is 22.6 Å². The smallest absolute Gasteiger partial charge is 0.277 e. The van der Waals surface area contributed by atoms with Crippen molar-refractivity contribution in [2.45, 2.75) is 26.6 Å². The number of nitrogens with zero attached hydrogens (tertiary/aromatic N) is 2. The predicted molar refractivity (Wildman–Crippen MR) is 103 cm³/mol. The van der Waals surface area contributed by atoms with Crippen LogP contribution < -0.4 is 5.56 Å². The number of hydrogen-bond donors (Lipinski definition) is 0. The molecule has 5 nitrogen and oxygen atoms in total. The summed E-state index contributed by atoms with van der Waals surface area (Å²) in [6.45, 7) is 4.80. The number of benzene rings is 2. The molecule has 26 heavy (non-hydrogen) atoms. The van der Waals surface area contributed by atoms with Crippen LogP contribution in [0.1, 0.15) is 19.5 Å². The number of fused-ring (bicyclic) bond motifs is 1. The van der Waals surface area contributed by atoms with Gasteiger partial charge in [0.2, 0.25) is 0 Å². The topological polar surface area (TPSA) is 53.4 Å². The van der Waals surface area contributed by atoms with Gasteiger partial charge in [0.1, 0.15) is 5.69 Å². The molecule has 0 N–H and O–H groups in total. The first-order valence-corrected chi connectivity index (χ1v) is 9.01. The summed E-state index contributed by atoms with van der Waals surface area (Å²) < 4.78 is 12.8. The lowest BCUT2D eigenvalue weighted by atomic mass is 10.2. The average molecular weight is 373 g/mol. The van der Waals surface area contributed by atoms with Gasteiger partial charge in [-0.15, -0.1) is 0 Å². The summed E-state index contributed by atoms with van der Waals surface area (Å²) in [5.41, 5.74) is 2.45. The predicted octanol–water partition coefficient (Wildman–Crippen LogP) is 3.98. The summed E-state index contributed by atoms with van der Waals surface area (Å²) >= 11 is 5.99. The zero-order valence-electron chi connectivity index (χ0n) is 14.8. The first-order valence-electron chi connectivity index (χ1n) is 8.63. The van der Waals surface area contributed by atoms with Crippen LogP contribution in [0, 0.1) is 0 Å². The minimum Gasteiger partial charge on any atom is -0.353 e. The van der Waals surface area contributed by atoms with Crippen molar-refractivity contribution in [1.29, 1.82) is 0 Å². The molecule has 0 unspecified atom stereocenters. The molecule has 1 heterocycles. The second-order valence-electron chi connectivity index (χ2n) is 5.71. The molecule has 136 valence electrons. The Kier molecular flexibility index (Phi) is 6.04. The normalized spacial score (nSPS) is 11.4. The fourth-order valence-corrected chi connectivity index (χ4v) is 2.98. The van der Waals surface area contributed by atoms with Crippen molar-refractivity contribution in [3.63, 3.8) is 0 Å². The molecule has 3 aromatic rings. The van der Waals surface area contributed by atoms with E-state index < -0.39 is 6.29 Å². The highest BCUT2D eigenvalue weighted by Crippen LogP contribution is 2.18. The number of aromatic nitrogens is 2. The highest BCUT2D eigenvalue weighted by molar-refractivity contribution is 6.30. The van der Waals surface area contributed by atoms with E-state index in [0.29, 0.717) is 30.4 Å². The van der Waals surface area contributed by atoms with Crippen LogP contribution in [0.4, 0.5) is 0 Å². The van der Waals surface area contributed by atoms with Gasteiger partial charge in [-0.05, 0) is 50.2 Å². The maximum Gasteiger partial charge on any atom is 0.277 e. The number of halogens is 1. The van der Waals surface area contributed by atoms with Gasteiger partial charge in [-0.3, -0.25) is 9.36 Å². The third-order valence-electron chi connectivity index (χ3n) is 3.98. The lowest BCUT2D eigenvalue weighted by Crippen LogP contribution is -2.29. The van der Waals surface area contributed by atoms with Gasteiger partial charge >= 0.3 is 0 Å². The maximum atomic E-state index is 13.2. The second-order valence-corrected chi connectivity index (χ2v) is 6.14. The quantitative estimate of drug-likeness (QED) is 0.588. The minimum absolute atomic E-state index is 0.185. The van der Waals surface area contributed by atoms with Crippen LogP contribution >= 0.6 is 11.6 Å². The van der Waals surface area contributed by atoms with Gasteiger partial charge in [0.25, 0.3) is 5.56 Å². The maximum absolute atomic E-state index is 13.2. The Hall–Kier alpha value is -2.21. The van der Waals surface area contributed by atoms with E-state index in [9.17, 15) is 4.79 Å². The van der Waals surface area contributed by atoms with E-state index in [-0.39, 0.29) is 5.56 Å². The first-order chi connectivity index (χ1) is 12.6. The van der Waals surface area contributed by atoms with Gasteiger partial charge in [0.15, 0.2) is 6.29 Å². The average Bonchev–Trinajstić information content (AvgIpc) is 2.64. The molecule has 0 aliphatic rings. The molecule has 0 saturated carbocycles. The van der Waals surface area contributed by atoms with Gasteiger partial charge in [-0.25, -0.2) is 4.98 Å².